The lowest BCUT2D eigenvalue weighted by Gasteiger charge is -2.36. The Labute approximate surface area is 207 Å². The number of hydrogen-bond acceptors (Lipinski definition) is 5. The number of methoxy groups -OCH3 is 2. The maximum absolute atomic E-state index is 13.1. The Balaban J connectivity index is 1.67. The zero-order chi connectivity index (χ0) is 25.4. The molecule has 8 nitrogen and oxygen atoms in total. The molecule has 35 heavy (non-hydrogen) atoms. The van der Waals surface area contributed by atoms with Gasteiger partial charge in [0.25, 0.3) is 11.8 Å². The van der Waals surface area contributed by atoms with Crippen molar-refractivity contribution in [2.24, 2.45) is 11.8 Å². The Morgan fingerprint density at radius 3 is 1.89 bits per heavy atom. The molecule has 1 saturated heterocycles. The number of carbonyl (C=O) groups is 3. The van der Waals surface area contributed by atoms with Crippen molar-refractivity contribution in [3.05, 3.63) is 59.7 Å². The Morgan fingerprint density at radius 1 is 0.886 bits per heavy atom. The fourth-order valence-corrected chi connectivity index (χ4v) is 4.13. The average molecular weight is 482 g/mol. The second-order valence-corrected chi connectivity index (χ2v) is 9.18. The van der Waals surface area contributed by atoms with Crippen molar-refractivity contribution in [3.63, 3.8) is 0 Å². The minimum atomic E-state index is -0.679. The summed E-state index contributed by atoms with van der Waals surface area (Å²) in [4.78, 5) is 40.7. The second-order valence-electron chi connectivity index (χ2n) is 9.18. The van der Waals surface area contributed by atoms with E-state index in [0.29, 0.717) is 61.0 Å². The van der Waals surface area contributed by atoms with E-state index in [4.69, 9.17) is 9.47 Å². The number of hydrogen-bond donors (Lipinski definition) is 2. The minimum absolute atomic E-state index is 0.0471. The molecule has 0 aliphatic carbocycles. The minimum Gasteiger partial charge on any atom is -0.497 e. The quantitative estimate of drug-likeness (QED) is 0.574. The number of likely N-dealkylation sites (tertiary alicyclic amines) is 1. The highest BCUT2D eigenvalue weighted by Gasteiger charge is 2.34. The first-order valence-electron chi connectivity index (χ1n) is 12.0. The molecule has 3 rings (SSSR count). The van der Waals surface area contributed by atoms with E-state index in [-0.39, 0.29) is 23.6 Å². The van der Waals surface area contributed by atoms with Crippen LogP contribution in [0, 0.1) is 11.8 Å². The van der Waals surface area contributed by atoms with E-state index in [2.05, 4.69) is 10.6 Å². The van der Waals surface area contributed by atoms with Crippen LogP contribution in [0.4, 0.5) is 0 Å². The van der Waals surface area contributed by atoms with Crippen molar-refractivity contribution in [3.8, 4) is 11.5 Å². The fourth-order valence-electron chi connectivity index (χ4n) is 4.13. The maximum atomic E-state index is 13.1. The second kappa shape index (κ2) is 12.2. The average Bonchev–Trinajstić information content (AvgIpc) is 2.90. The highest BCUT2D eigenvalue weighted by molar-refractivity contribution is 5.98. The van der Waals surface area contributed by atoms with Crippen LogP contribution in [0.5, 0.6) is 11.5 Å². The number of ether oxygens (including phenoxy) is 2. The molecular formula is C27H35N3O5. The van der Waals surface area contributed by atoms with Gasteiger partial charge < -0.3 is 25.0 Å². The van der Waals surface area contributed by atoms with Gasteiger partial charge in [-0.3, -0.25) is 14.4 Å². The summed E-state index contributed by atoms with van der Waals surface area (Å²) in [6.07, 6.45) is 1.23. The first kappa shape index (κ1) is 26.1. The summed E-state index contributed by atoms with van der Waals surface area (Å²) in [5.74, 6) is 1.01. The monoisotopic (exact) mass is 481 g/mol. The normalized spacial score (nSPS) is 14.8. The Morgan fingerprint density at radius 2 is 1.40 bits per heavy atom. The largest absolute Gasteiger partial charge is 0.497 e. The number of rotatable bonds is 9. The molecule has 1 aliphatic heterocycles. The van der Waals surface area contributed by atoms with Gasteiger partial charge in [-0.1, -0.05) is 13.8 Å². The van der Waals surface area contributed by atoms with Gasteiger partial charge in [-0.15, -0.1) is 0 Å². The molecule has 1 fully saturated rings. The molecule has 0 radical (unpaired) electrons. The van der Waals surface area contributed by atoms with E-state index < -0.39 is 6.04 Å². The first-order valence-corrected chi connectivity index (χ1v) is 12.0. The van der Waals surface area contributed by atoms with Gasteiger partial charge in [-0.25, -0.2) is 0 Å². The molecule has 1 aliphatic rings. The third-order valence-electron chi connectivity index (χ3n) is 6.24. The van der Waals surface area contributed by atoms with Crippen LogP contribution in [0.3, 0.4) is 0 Å². The van der Waals surface area contributed by atoms with Gasteiger partial charge in [-0.2, -0.15) is 0 Å². The van der Waals surface area contributed by atoms with Crippen LogP contribution < -0.4 is 20.1 Å². The van der Waals surface area contributed by atoms with Gasteiger partial charge in [0.1, 0.15) is 17.5 Å². The standard InChI is InChI=1S/C27H35N3O5/c1-18(2)17-28-26(32)24(29-25(31)20-5-9-22(34-3)10-6-20)19-13-15-30(16-14-19)27(33)21-7-11-23(35-4)12-8-21/h5-12,18-19,24H,13-17H2,1-4H3,(H,28,32)(H,29,31)/t24-/m1/s1. The molecule has 2 aromatic rings. The molecule has 8 heteroatoms. The number of piperidine rings is 1. The van der Waals surface area contributed by atoms with Crippen molar-refractivity contribution in [2.75, 3.05) is 33.9 Å². The highest BCUT2D eigenvalue weighted by Crippen LogP contribution is 2.24. The zero-order valence-electron chi connectivity index (χ0n) is 20.9. The number of benzene rings is 2. The Bertz CT molecular complexity index is 996. The summed E-state index contributed by atoms with van der Waals surface area (Å²) >= 11 is 0. The van der Waals surface area contributed by atoms with E-state index in [0.717, 1.165) is 0 Å². The molecule has 0 bridgehead atoms. The molecule has 0 aromatic heterocycles. The van der Waals surface area contributed by atoms with Gasteiger partial charge in [-0.05, 0) is 73.2 Å². The summed E-state index contributed by atoms with van der Waals surface area (Å²) in [7, 11) is 3.15. The van der Waals surface area contributed by atoms with Crippen LogP contribution in [0.2, 0.25) is 0 Å². The van der Waals surface area contributed by atoms with Gasteiger partial charge in [0.05, 0.1) is 14.2 Å². The molecule has 1 heterocycles. The molecule has 1 atom stereocenters. The van der Waals surface area contributed by atoms with Crippen LogP contribution in [0.15, 0.2) is 48.5 Å². The van der Waals surface area contributed by atoms with Crippen LogP contribution >= 0.6 is 0 Å². The Hall–Kier alpha value is -3.55. The third-order valence-corrected chi connectivity index (χ3v) is 6.24. The third kappa shape index (κ3) is 6.97. The van der Waals surface area contributed by atoms with Crippen molar-refractivity contribution in [1.29, 1.82) is 0 Å². The summed E-state index contributed by atoms with van der Waals surface area (Å²) in [5, 5.41) is 5.90. The molecular weight excluding hydrogens is 446 g/mol. The summed E-state index contributed by atoms with van der Waals surface area (Å²) in [6, 6.07) is 13.1. The van der Waals surface area contributed by atoms with Gasteiger partial charge >= 0.3 is 0 Å². The summed E-state index contributed by atoms with van der Waals surface area (Å²) in [6.45, 7) is 5.61. The van der Waals surface area contributed by atoms with Crippen molar-refractivity contribution in [1.82, 2.24) is 15.5 Å². The topological polar surface area (TPSA) is 97.0 Å². The summed E-state index contributed by atoms with van der Waals surface area (Å²) in [5.41, 5.74) is 1.06. The number of nitrogens with one attached hydrogen (secondary N) is 2. The molecule has 2 N–H and O–H groups in total. The van der Waals surface area contributed by atoms with Crippen LogP contribution in [-0.4, -0.2) is 62.5 Å². The van der Waals surface area contributed by atoms with Gasteiger partial charge in [0.15, 0.2) is 0 Å². The van der Waals surface area contributed by atoms with Crippen LogP contribution in [-0.2, 0) is 4.79 Å². The van der Waals surface area contributed by atoms with Crippen molar-refractivity contribution in [2.45, 2.75) is 32.7 Å². The molecule has 0 unspecified atom stereocenters. The zero-order valence-corrected chi connectivity index (χ0v) is 20.9. The van der Waals surface area contributed by atoms with E-state index in [1.165, 1.54) is 0 Å². The van der Waals surface area contributed by atoms with Gasteiger partial charge in [0, 0.05) is 30.8 Å². The lowest BCUT2D eigenvalue weighted by atomic mass is 9.88. The number of nitrogens with zero attached hydrogens (tertiary/aromatic N) is 1. The predicted molar refractivity (Wildman–Crippen MR) is 134 cm³/mol. The molecule has 3 amide bonds. The highest BCUT2D eigenvalue weighted by atomic mass is 16.5. The lowest BCUT2D eigenvalue weighted by Crippen LogP contribution is -2.54. The molecule has 188 valence electrons. The smallest absolute Gasteiger partial charge is 0.253 e. The molecule has 0 saturated carbocycles. The summed E-state index contributed by atoms with van der Waals surface area (Å²) < 4.78 is 10.3. The predicted octanol–water partition coefficient (Wildman–Crippen LogP) is 3.13. The maximum Gasteiger partial charge on any atom is 0.253 e. The van der Waals surface area contributed by atoms with Gasteiger partial charge in [0.2, 0.25) is 5.91 Å². The van der Waals surface area contributed by atoms with Crippen LogP contribution in [0.1, 0.15) is 47.4 Å². The lowest BCUT2D eigenvalue weighted by molar-refractivity contribution is -0.124. The fraction of sp³-hybridized carbons (Fsp3) is 0.444. The molecule has 0 spiro atoms. The first-order chi connectivity index (χ1) is 16.8. The molecule has 2 aromatic carbocycles. The Kier molecular flexibility index (Phi) is 9.11. The SMILES string of the molecule is COc1ccc(C(=O)N[C@@H](C(=O)NCC(C)C)C2CCN(C(=O)c3ccc(OC)cc3)CC2)cc1. The van der Waals surface area contributed by atoms with E-state index in [1.54, 1.807) is 67.7 Å². The van der Waals surface area contributed by atoms with Crippen molar-refractivity contribution >= 4 is 17.7 Å². The van der Waals surface area contributed by atoms with E-state index >= 15 is 0 Å². The number of carbonyl (C=O) groups excluding carboxylic acids is 3. The van der Waals surface area contributed by atoms with E-state index in [9.17, 15) is 14.4 Å². The van der Waals surface area contributed by atoms with E-state index in [1.807, 2.05) is 13.8 Å². The van der Waals surface area contributed by atoms with Crippen molar-refractivity contribution < 1.29 is 23.9 Å². The van der Waals surface area contributed by atoms with Crippen LogP contribution in [0.25, 0.3) is 0 Å². The number of amides is 3.